The minimum absolute atomic E-state index is 0.0438. The van der Waals surface area contributed by atoms with Crippen molar-refractivity contribution in [1.29, 1.82) is 0 Å². The van der Waals surface area contributed by atoms with Crippen LogP contribution in [-0.4, -0.2) is 36.2 Å². The number of carbonyl (C=O) groups is 1. The number of hydrogen-bond donors (Lipinski definition) is 0. The van der Waals surface area contributed by atoms with E-state index in [9.17, 15) is 4.79 Å². The van der Waals surface area contributed by atoms with Gasteiger partial charge in [-0.2, -0.15) is 0 Å². The van der Waals surface area contributed by atoms with Crippen LogP contribution >= 0.6 is 0 Å². The lowest BCUT2D eigenvalue weighted by Crippen LogP contribution is -2.38. The smallest absolute Gasteiger partial charge is 0.246 e. The van der Waals surface area contributed by atoms with Gasteiger partial charge in [-0.25, -0.2) is 4.98 Å². The van der Waals surface area contributed by atoms with Gasteiger partial charge in [0, 0.05) is 36.6 Å². The number of benzene rings is 1. The molecule has 2 aromatic rings. The van der Waals surface area contributed by atoms with E-state index in [1.54, 1.807) is 20.4 Å². The monoisotopic (exact) mass is 315 g/mol. The van der Waals surface area contributed by atoms with Crippen molar-refractivity contribution < 1.29 is 14.3 Å². The molecule has 0 saturated carbocycles. The molecule has 3 rings (SSSR count). The summed E-state index contributed by atoms with van der Waals surface area (Å²) in [5, 5.41) is 0. The summed E-state index contributed by atoms with van der Waals surface area (Å²) in [6, 6.07) is 3.78. The fraction of sp³-hybridized carbons (Fsp3) is 0.412. The topological polar surface area (TPSA) is 56.6 Å². The highest BCUT2D eigenvalue weighted by Gasteiger charge is 2.26. The van der Waals surface area contributed by atoms with E-state index in [-0.39, 0.29) is 12.5 Å². The highest BCUT2D eigenvalue weighted by Crippen LogP contribution is 2.38. The first-order valence-corrected chi connectivity index (χ1v) is 7.67. The van der Waals surface area contributed by atoms with Gasteiger partial charge in [0.2, 0.25) is 5.91 Å². The normalized spacial score (nSPS) is 13.6. The number of imidazole rings is 1. The molecule has 1 aromatic carbocycles. The molecule has 0 aliphatic carbocycles. The number of fused-ring (bicyclic) bond motifs is 1. The largest absolute Gasteiger partial charge is 0.497 e. The minimum Gasteiger partial charge on any atom is -0.497 e. The summed E-state index contributed by atoms with van der Waals surface area (Å²) in [6.07, 6.45) is 5.35. The summed E-state index contributed by atoms with van der Waals surface area (Å²) < 4.78 is 12.7. The van der Waals surface area contributed by atoms with Crippen LogP contribution in [-0.2, 0) is 17.8 Å². The molecule has 6 heteroatoms. The first kappa shape index (κ1) is 15.4. The third-order valence-electron chi connectivity index (χ3n) is 4.24. The predicted molar refractivity (Wildman–Crippen MR) is 87.2 cm³/mol. The molecular formula is C17H21N3O3. The Morgan fingerprint density at radius 3 is 2.78 bits per heavy atom. The Balaban J connectivity index is 1.94. The lowest BCUT2D eigenvalue weighted by Gasteiger charge is -2.31. The van der Waals surface area contributed by atoms with Crippen LogP contribution in [0.15, 0.2) is 24.5 Å². The molecule has 0 N–H and O–H groups in total. The summed E-state index contributed by atoms with van der Waals surface area (Å²) >= 11 is 0. The Labute approximate surface area is 135 Å². The van der Waals surface area contributed by atoms with Gasteiger partial charge in [0.05, 0.1) is 19.9 Å². The van der Waals surface area contributed by atoms with E-state index in [2.05, 4.69) is 4.98 Å². The zero-order valence-corrected chi connectivity index (χ0v) is 13.7. The zero-order valence-electron chi connectivity index (χ0n) is 13.7. The van der Waals surface area contributed by atoms with Gasteiger partial charge in [0.15, 0.2) is 0 Å². The molecule has 23 heavy (non-hydrogen) atoms. The van der Waals surface area contributed by atoms with Gasteiger partial charge in [-0.3, -0.25) is 4.79 Å². The highest BCUT2D eigenvalue weighted by atomic mass is 16.5. The number of aryl methyl sites for hydroxylation is 1. The van der Waals surface area contributed by atoms with E-state index >= 15 is 0 Å². The van der Waals surface area contributed by atoms with E-state index in [1.807, 2.05) is 34.7 Å². The summed E-state index contributed by atoms with van der Waals surface area (Å²) in [5.41, 5.74) is 1.95. The van der Waals surface area contributed by atoms with Crippen LogP contribution in [0.1, 0.15) is 17.8 Å². The van der Waals surface area contributed by atoms with Gasteiger partial charge in [0.1, 0.15) is 23.9 Å². The molecule has 2 heterocycles. The second kappa shape index (κ2) is 6.32. The van der Waals surface area contributed by atoms with Crippen molar-refractivity contribution in [2.24, 2.45) is 0 Å². The van der Waals surface area contributed by atoms with E-state index in [0.717, 1.165) is 35.7 Å². The minimum atomic E-state index is 0.0438. The van der Waals surface area contributed by atoms with Gasteiger partial charge in [-0.05, 0) is 19.8 Å². The average molecular weight is 315 g/mol. The second-order valence-electron chi connectivity index (χ2n) is 5.58. The van der Waals surface area contributed by atoms with E-state index in [0.29, 0.717) is 12.3 Å². The number of ether oxygens (including phenoxy) is 2. The molecule has 1 aromatic heterocycles. The fourth-order valence-corrected chi connectivity index (χ4v) is 2.99. The molecule has 0 fully saturated rings. The molecule has 122 valence electrons. The van der Waals surface area contributed by atoms with Crippen molar-refractivity contribution in [3.8, 4) is 11.5 Å². The van der Waals surface area contributed by atoms with Crippen molar-refractivity contribution in [1.82, 2.24) is 9.55 Å². The molecule has 0 radical (unpaired) electrons. The molecule has 1 aliphatic heterocycles. The number of rotatable bonds is 4. The Morgan fingerprint density at radius 1 is 1.30 bits per heavy atom. The third-order valence-corrected chi connectivity index (χ3v) is 4.24. The maximum atomic E-state index is 12.8. The number of aromatic nitrogens is 2. The molecule has 1 amide bonds. The Morgan fingerprint density at radius 2 is 2.13 bits per heavy atom. The first-order valence-electron chi connectivity index (χ1n) is 7.67. The van der Waals surface area contributed by atoms with Gasteiger partial charge >= 0.3 is 0 Å². The van der Waals surface area contributed by atoms with Crippen LogP contribution in [0.2, 0.25) is 0 Å². The van der Waals surface area contributed by atoms with Crippen LogP contribution in [0, 0.1) is 6.92 Å². The molecule has 0 unspecified atom stereocenters. The number of carbonyl (C=O) groups excluding carboxylic acids is 1. The van der Waals surface area contributed by atoms with Crippen molar-refractivity contribution in [2.45, 2.75) is 26.3 Å². The van der Waals surface area contributed by atoms with Crippen molar-refractivity contribution in [3.63, 3.8) is 0 Å². The van der Waals surface area contributed by atoms with Gasteiger partial charge in [0.25, 0.3) is 0 Å². The van der Waals surface area contributed by atoms with Crippen LogP contribution in [0.25, 0.3) is 0 Å². The van der Waals surface area contributed by atoms with Crippen LogP contribution < -0.4 is 14.4 Å². The van der Waals surface area contributed by atoms with Crippen LogP contribution in [0.3, 0.4) is 0 Å². The fourth-order valence-electron chi connectivity index (χ4n) is 2.99. The molecule has 0 spiro atoms. The van der Waals surface area contributed by atoms with Gasteiger partial charge in [-0.15, -0.1) is 0 Å². The molecule has 0 saturated heterocycles. The first-order chi connectivity index (χ1) is 11.1. The maximum absolute atomic E-state index is 12.8. The second-order valence-corrected chi connectivity index (χ2v) is 5.58. The quantitative estimate of drug-likeness (QED) is 0.868. The van der Waals surface area contributed by atoms with Crippen LogP contribution in [0.4, 0.5) is 5.69 Å². The molecular weight excluding hydrogens is 294 g/mol. The average Bonchev–Trinajstić information content (AvgIpc) is 2.97. The molecule has 0 bridgehead atoms. The molecule has 1 aliphatic rings. The van der Waals surface area contributed by atoms with Crippen molar-refractivity contribution >= 4 is 11.6 Å². The number of amides is 1. The number of nitrogens with zero attached hydrogens (tertiary/aromatic N) is 3. The van der Waals surface area contributed by atoms with Gasteiger partial charge in [-0.1, -0.05) is 0 Å². The van der Waals surface area contributed by atoms with Crippen LogP contribution in [0.5, 0.6) is 11.5 Å². The Hall–Kier alpha value is -2.50. The van der Waals surface area contributed by atoms with E-state index in [1.165, 1.54) is 0 Å². The third kappa shape index (κ3) is 2.88. The van der Waals surface area contributed by atoms with Crippen molar-refractivity contribution in [3.05, 3.63) is 35.9 Å². The Bertz CT molecular complexity index is 724. The zero-order chi connectivity index (χ0) is 16.4. The Kier molecular flexibility index (Phi) is 4.23. The summed E-state index contributed by atoms with van der Waals surface area (Å²) in [5.74, 6) is 2.34. The highest BCUT2D eigenvalue weighted by molar-refractivity contribution is 5.95. The summed E-state index contributed by atoms with van der Waals surface area (Å²) in [6.45, 7) is 2.88. The lowest BCUT2D eigenvalue weighted by molar-refractivity contribution is -0.119. The van der Waals surface area contributed by atoms with E-state index < -0.39 is 0 Å². The number of methoxy groups -OCH3 is 2. The van der Waals surface area contributed by atoms with Crippen molar-refractivity contribution in [2.75, 3.05) is 25.7 Å². The van der Waals surface area contributed by atoms with E-state index in [4.69, 9.17) is 9.47 Å². The maximum Gasteiger partial charge on any atom is 0.246 e. The lowest BCUT2D eigenvalue weighted by atomic mass is 10.00. The van der Waals surface area contributed by atoms with Gasteiger partial charge < -0.3 is 18.9 Å². The number of hydrogen-bond acceptors (Lipinski definition) is 4. The standard InChI is InChI=1S/C17H21N3O3/c1-12-18-6-8-19(12)11-17(21)20-7-4-5-14-15(20)9-13(22-2)10-16(14)23-3/h6,8-10H,4-5,7,11H2,1-3H3. The SMILES string of the molecule is COc1cc(OC)c2c(c1)N(C(=O)Cn1ccnc1C)CCC2. The molecule has 0 atom stereocenters. The number of anilines is 1. The summed E-state index contributed by atoms with van der Waals surface area (Å²) in [7, 11) is 3.26. The summed E-state index contributed by atoms with van der Waals surface area (Å²) in [4.78, 5) is 18.8. The predicted octanol–water partition coefficient (Wildman–Crippen LogP) is 2.19. The molecule has 6 nitrogen and oxygen atoms in total.